The minimum atomic E-state index is -0.882. The van der Waals surface area contributed by atoms with Crippen molar-refractivity contribution in [1.82, 2.24) is 41.0 Å². The van der Waals surface area contributed by atoms with Gasteiger partial charge in [0.05, 0.1) is 49.4 Å². The largest absolute Gasteiger partial charge is 0.460 e. The molecule has 2 saturated heterocycles. The first-order chi connectivity index (χ1) is 33.8. The van der Waals surface area contributed by atoms with Gasteiger partial charge in [0.2, 0.25) is 23.6 Å². The fraction of sp³-hybridized carbons (Fsp3) is 0.593. The van der Waals surface area contributed by atoms with Crippen molar-refractivity contribution < 1.29 is 47.0 Å². The Balaban J connectivity index is 1.45. The van der Waals surface area contributed by atoms with E-state index in [1.54, 1.807) is 49.9 Å². The number of nitrogens with zero attached hydrogens (tertiary/aromatic N) is 2. The molecular weight excluding hydrogens is 927 g/mol. The second kappa shape index (κ2) is 22.9. The zero-order valence-corrected chi connectivity index (χ0v) is 44.1. The van der Waals surface area contributed by atoms with Crippen molar-refractivity contribution in [2.75, 3.05) is 27.2 Å². The Morgan fingerprint density at radius 2 is 1.00 bits per heavy atom. The zero-order valence-electron chi connectivity index (χ0n) is 44.1. The van der Waals surface area contributed by atoms with E-state index in [-0.39, 0.29) is 86.1 Å². The topological polar surface area (TPSA) is 207 Å². The predicted octanol–water partition coefficient (Wildman–Crippen LogP) is 6.58. The number of rotatable bonds is 19. The van der Waals surface area contributed by atoms with Gasteiger partial charge in [0.25, 0.3) is 0 Å². The average molecular weight is 1000 g/mol. The highest BCUT2D eigenvalue weighted by atomic mass is 19.1. The van der Waals surface area contributed by atoms with Crippen LogP contribution in [0.25, 0.3) is 33.2 Å². The molecule has 72 heavy (non-hydrogen) atoms. The highest BCUT2D eigenvalue weighted by molar-refractivity contribution is 5.97. The van der Waals surface area contributed by atoms with Crippen LogP contribution in [0.5, 0.6) is 0 Å². The molecule has 2 aromatic heterocycles. The van der Waals surface area contributed by atoms with Gasteiger partial charge in [0, 0.05) is 46.7 Å². The first-order valence-electron chi connectivity index (χ1n) is 25.4. The van der Waals surface area contributed by atoms with Gasteiger partial charge in [-0.05, 0) is 112 Å². The third-order valence-electron chi connectivity index (χ3n) is 13.8. The maximum absolute atomic E-state index is 15.2. The third-order valence-corrected chi connectivity index (χ3v) is 13.8. The van der Waals surface area contributed by atoms with E-state index in [0.29, 0.717) is 57.2 Å². The second-order valence-corrected chi connectivity index (χ2v) is 22.2. The molecule has 8 atom stereocenters. The number of benzene rings is 2. The van der Waals surface area contributed by atoms with Gasteiger partial charge in [-0.3, -0.25) is 28.8 Å². The number of hydrogen-bond donors (Lipinski definition) is 6. The summed E-state index contributed by atoms with van der Waals surface area (Å²) >= 11 is 0. The Labute approximate surface area is 421 Å². The van der Waals surface area contributed by atoms with Gasteiger partial charge in [0.1, 0.15) is 35.9 Å². The lowest BCUT2D eigenvalue weighted by atomic mass is 9.92. The summed E-state index contributed by atoms with van der Waals surface area (Å²) in [5.41, 5.74) is 2.69. The Morgan fingerprint density at radius 3 is 1.32 bits per heavy atom. The minimum absolute atomic E-state index is 0.0800. The molecule has 4 amide bonds. The maximum Gasteiger partial charge on any atom is 0.306 e. The molecule has 0 radical (unpaired) electrons. The van der Waals surface area contributed by atoms with E-state index in [0.717, 1.165) is 0 Å². The van der Waals surface area contributed by atoms with Gasteiger partial charge < -0.3 is 50.5 Å². The number of nitrogens with one attached hydrogen (secondary N) is 6. The Bertz CT molecular complexity index is 2460. The number of aromatic amines is 2. The summed E-state index contributed by atoms with van der Waals surface area (Å²) in [6.07, 6.45) is 0.524. The molecule has 2 fully saturated rings. The Kier molecular flexibility index (Phi) is 17.6. The van der Waals surface area contributed by atoms with Crippen molar-refractivity contribution >= 4 is 57.4 Å². The molecule has 18 heteroatoms. The summed E-state index contributed by atoms with van der Waals surface area (Å²) < 4.78 is 42.5. The van der Waals surface area contributed by atoms with Crippen molar-refractivity contribution in [1.29, 1.82) is 0 Å². The Hall–Kier alpha value is -5.88. The first-order valence-corrected chi connectivity index (χ1v) is 25.4. The van der Waals surface area contributed by atoms with E-state index in [9.17, 15) is 28.8 Å². The number of halogens is 2. The van der Waals surface area contributed by atoms with Crippen molar-refractivity contribution in [3.63, 3.8) is 0 Å². The summed E-state index contributed by atoms with van der Waals surface area (Å²) in [5, 5.41) is 12.9. The monoisotopic (exact) mass is 1000 g/mol. The number of carbonyl (C=O) groups is 6. The number of likely N-dealkylation sites (N-methyl/N-ethyl adjacent to an activating group) is 2. The molecule has 0 aliphatic carbocycles. The summed E-state index contributed by atoms with van der Waals surface area (Å²) in [4.78, 5) is 92.5. The predicted molar refractivity (Wildman–Crippen MR) is 273 cm³/mol. The molecule has 16 nitrogen and oxygen atoms in total. The molecule has 0 bridgehead atoms. The number of aromatic nitrogens is 2. The van der Waals surface area contributed by atoms with Crippen molar-refractivity contribution in [3.8, 4) is 11.4 Å². The lowest BCUT2D eigenvalue weighted by molar-refractivity contribution is -0.152. The summed E-state index contributed by atoms with van der Waals surface area (Å²) in [6, 6.07) is 4.78. The van der Waals surface area contributed by atoms with E-state index in [1.807, 2.05) is 55.4 Å². The number of hydrogen-bond acceptors (Lipinski definition) is 10. The van der Waals surface area contributed by atoms with Crippen LogP contribution in [0.4, 0.5) is 8.78 Å². The zero-order chi connectivity index (χ0) is 53.0. The molecule has 0 saturated carbocycles. The second-order valence-electron chi connectivity index (χ2n) is 22.2. The first kappa shape index (κ1) is 55.4. The molecule has 6 rings (SSSR count). The van der Waals surface area contributed by atoms with Crippen LogP contribution < -0.4 is 21.3 Å². The quantitative estimate of drug-likeness (QED) is 0.0557. The number of likely N-dealkylation sites (tertiary alicyclic amines) is 2. The number of esters is 2. The summed E-state index contributed by atoms with van der Waals surface area (Å²) in [7, 11) is 3.31. The van der Waals surface area contributed by atoms with Gasteiger partial charge in [0.15, 0.2) is 0 Å². The standard InChI is InChI=1S/C54H76F2N8O8/c1-13-41(61-49(67)29(3)57-11)51(69)63-27-35(71-45(65)25-53(5,6)7)21-33(63)23-39-37-17-15-31(55)19-43(37)59-47(39)48-40(38-18-16-32(56)20-44(38)60-48)24-34-22-36(72-46(66)26-54(8,9)10)28-64(34)52(70)42(14-2)62-50(68)30(4)58-12/h15-20,29-30,33-36,41-42,57-60H,13-14,21-28H2,1-12H3,(H,61,67)(H,62,68)/t29-,30-,33-,34-,35-,36-,41-,42-/m0/s1. The number of H-pyrrole nitrogens is 2. The van der Waals surface area contributed by atoms with Crippen LogP contribution in [0.15, 0.2) is 36.4 Å². The van der Waals surface area contributed by atoms with Gasteiger partial charge >= 0.3 is 11.9 Å². The number of ether oxygens (including phenoxy) is 2. The third kappa shape index (κ3) is 13.4. The number of carbonyl (C=O) groups excluding carboxylic acids is 6. The molecular formula is C54H76F2N8O8. The van der Waals surface area contributed by atoms with Crippen molar-refractivity contribution in [3.05, 3.63) is 59.2 Å². The fourth-order valence-corrected chi connectivity index (χ4v) is 9.88. The molecule has 0 spiro atoms. The van der Waals surface area contributed by atoms with Crippen LogP contribution in [0.2, 0.25) is 0 Å². The molecule has 4 heterocycles. The molecule has 394 valence electrons. The van der Waals surface area contributed by atoms with E-state index < -0.39 is 72.0 Å². The van der Waals surface area contributed by atoms with Crippen molar-refractivity contribution in [2.45, 2.75) is 169 Å². The molecule has 2 aliphatic rings. The molecule has 2 aromatic carbocycles. The molecule has 0 unspecified atom stereocenters. The van der Waals surface area contributed by atoms with Crippen LogP contribution in [0.1, 0.15) is 119 Å². The van der Waals surface area contributed by atoms with E-state index in [4.69, 9.17) is 9.47 Å². The highest BCUT2D eigenvalue weighted by Crippen LogP contribution is 2.40. The van der Waals surface area contributed by atoms with Crippen LogP contribution in [0, 0.1) is 22.5 Å². The fourth-order valence-electron chi connectivity index (χ4n) is 9.88. The number of amides is 4. The van der Waals surface area contributed by atoms with Crippen LogP contribution in [-0.4, -0.2) is 131 Å². The van der Waals surface area contributed by atoms with Gasteiger partial charge in [-0.1, -0.05) is 55.4 Å². The maximum atomic E-state index is 15.2. The normalized spacial score (nSPS) is 20.1. The van der Waals surface area contributed by atoms with Gasteiger partial charge in [-0.25, -0.2) is 8.78 Å². The van der Waals surface area contributed by atoms with E-state index in [2.05, 4.69) is 31.2 Å². The highest BCUT2D eigenvalue weighted by Gasteiger charge is 2.43. The van der Waals surface area contributed by atoms with Crippen LogP contribution >= 0.6 is 0 Å². The van der Waals surface area contributed by atoms with E-state index >= 15 is 8.78 Å². The summed E-state index contributed by atoms with van der Waals surface area (Å²) in [5.74, 6) is -3.14. The van der Waals surface area contributed by atoms with Crippen LogP contribution in [-0.2, 0) is 51.1 Å². The minimum Gasteiger partial charge on any atom is -0.460 e. The van der Waals surface area contributed by atoms with Crippen LogP contribution in [0.3, 0.4) is 0 Å². The van der Waals surface area contributed by atoms with Gasteiger partial charge in [-0.2, -0.15) is 0 Å². The lowest BCUT2D eigenvalue weighted by Gasteiger charge is -2.30. The smallest absolute Gasteiger partial charge is 0.306 e. The molecule has 2 aliphatic heterocycles. The SMILES string of the molecule is CC[C@H](NC(=O)[C@H](C)NC)C(=O)N1C[C@@H](OC(=O)CC(C)(C)C)C[C@H]1Cc1c(-c2[nH]c3cc(F)ccc3c2C[C@@H]2C[C@H](OC(=O)CC(C)(C)C)CN2C(=O)[C@H](CC)NC(=O)[C@H](C)NC)[nH]c2cc(F)ccc12. The van der Waals surface area contributed by atoms with Gasteiger partial charge in [-0.15, -0.1) is 0 Å². The lowest BCUT2D eigenvalue weighted by Crippen LogP contribution is -2.53. The number of fused-ring (bicyclic) bond motifs is 2. The summed E-state index contributed by atoms with van der Waals surface area (Å²) in [6.45, 7) is 18.8. The Morgan fingerprint density at radius 1 is 0.639 bits per heavy atom. The van der Waals surface area contributed by atoms with Crippen molar-refractivity contribution in [2.24, 2.45) is 10.8 Å². The molecule has 6 N–H and O–H groups in total. The molecule has 4 aromatic rings. The van der Waals surface area contributed by atoms with E-state index in [1.165, 1.54) is 24.3 Å². The average Bonchev–Trinajstić information content (AvgIpc) is 4.07.